The molecule has 0 bridgehead atoms. The Labute approximate surface area is 148 Å². The van der Waals surface area contributed by atoms with E-state index in [9.17, 15) is 13.2 Å². The van der Waals surface area contributed by atoms with E-state index < -0.39 is 10.0 Å². The van der Waals surface area contributed by atoms with Crippen LogP contribution in [-0.2, 0) is 10.0 Å². The third kappa shape index (κ3) is 4.99. The van der Waals surface area contributed by atoms with Gasteiger partial charge in [0.05, 0.1) is 26.2 Å². The van der Waals surface area contributed by atoms with Gasteiger partial charge in [0.25, 0.3) is 5.91 Å². The molecule has 2 atom stereocenters. The highest BCUT2D eigenvalue weighted by molar-refractivity contribution is 7.92. The van der Waals surface area contributed by atoms with E-state index >= 15 is 0 Å². The van der Waals surface area contributed by atoms with Gasteiger partial charge in [-0.25, -0.2) is 8.42 Å². The Kier molecular flexibility index (Phi) is 6.12. The second-order valence-corrected chi connectivity index (χ2v) is 7.85. The average Bonchev–Trinajstić information content (AvgIpc) is 2.54. The average molecular weight is 371 g/mol. The molecule has 1 aliphatic heterocycles. The number of carbonyl (C=O) groups excluding carboxylic acids is 1. The van der Waals surface area contributed by atoms with Crippen LogP contribution in [0.1, 0.15) is 30.1 Å². The van der Waals surface area contributed by atoms with Gasteiger partial charge in [0.1, 0.15) is 0 Å². The summed E-state index contributed by atoms with van der Waals surface area (Å²) >= 11 is 0. The topological polar surface area (TPSA) is 106 Å². The van der Waals surface area contributed by atoms with Gasteiger partial charge in [-0.2, -0.15) is 0 Å². The van der Waals surface area contributed by atoms with Crippen LogP contribution in [0.3, 0.4) is 0 Å². The molecule has 0 aliphatic carbocycles. The Morgan fingerprint density at radius 3 is 2.56 bits per heavy atom. The SMILES string of the molecule is COc1cc(C(=O)NC2CCCNC2C)cc(NS(C)(=O)=O)c1OC. The summed E-state index contributed by atoms with van der Waals surface area (Å²) in [6, 6.07) is 3.16. The number of rotatable bonds is 6. The van der Waals surface area contributed by atoms with Crippen LogP contribution in [0.2, 0.25) is 0 Å². The third-order valence-corrected chi connectivity index (χ3v) is 4.71. The van der Waals surface area contributed by atoms with Crippen molar-refractivity contribution in [2.75, 3.05) is 31.7 Å². The van der Waals surface area contributed by atoms with Crippen molar-refractivity contribution < 1.29 is 22.7 Å². The molecule has 1 aliphatic rings. The van der Waals surface area contributed by atoms with E-state index in [0.717, 1.165) is 25.6 Å². The summed E-state index contributed by atoms with van der Waals surface area (Å²) in [6.07, 6.45) is 2.91. The van der Waals surface area contributed by atoms with E-state index in [1.807, 2.05) is 6.92 Å². The number of amides is 1. The molecule has 0 aromatic heterocycles. The number of ether oxygens (including phenoxy) is 2. The first-order valence-corrected chi connectivity index (χ1v) is 9.92. The van der Waals surface area contributed by atoms with Crippen molar-refractivity contribution in [3.05, 3.63) is 17.7 Å². The Bertz CT molecular complexity index is 736. The number of carbonyl (C=O) groups is 1. The maximum absolute atomic E-state index is 12.6. The number of methoxy groups -OCH3 is 2. The van der Waals surface area contributed by atoms with E-state index in [1.54, 1.807) is 0 Å². The number of benzene rings is 1. The molecule has 0 saturated carbocycles. The number of hydrogen-bond donors (Lipinski definition) is 3. The molecule has 3 N–H and O–H groups in total. The predicted molar refractivity (Wildman–Crippen MR) is 96.0 cm³/mol. The molecule has 1 amide bonds. The maximum atomic E-state index is 12.6. The summed E-state index contributed by atoms with van der Waals surface area (Å²) in [4.78, 5) is 12.6. The fourth-order valence-electron chi connectivity index (χ4n) is 2.86. The first kappa shape index (κ1) is 19.3. The number of hydrogen-bond acceptors (Lipinski definition) is 6. The molecule has 140 valence electrons. The van der Waals surface area contributed by atoms with Crippen molar-refractivity contribution >= 4 is 21.6 Å². The van der Waals surface area contributed by atoms with Crippen molar-refractivity contribution in [2.45, 2.75) is 31.8 Å². The van der Waals surface area contributed by atoms with Crippen molar-refractivity contribution in [3.8, 4) is 11.5 Å². The van der Waals surface area contributed by atoms with Gasteiger partial charge in [-0.05, 0) is 38.4 Å². The van der Waals surface area contributed by atoms with Crippen LogP contribution in [0.25, 0.3) is 0 Å². The summed E-state index contributed by atoms with van der Waals surface area (Å²) in [5.41, 5.74) is 0.450. The fourth-order valence-corrected chi connectivity index (χ4v) is 3.41. The van der Waals surface area contributed by atoms with E-state index in [2.05, 4.69) is 15.4 Å². The van der Waals surface area contributed by atoms with E-state index in [1.165, 1.54) is 26.4 Å². The van der Waals surface area contributed by atoms with Gasteiger partial charge < -0.3 is 20.1 Å². The Morgan fingerprint density at radius 1 is 1.28 bits per heavy atom. The van der Waals surface area contributed by atoms with Crippen molar-refractivity contribution in [1.29, 1.82) is 0 Å². The lowest BCUT2D eigenvalue weighted by Crippen LogP contribution is -2.51. The van der Waals surface area contributed by atoms with E-state index in [4.69, 9.17) is 9.47 Å². The molecule has 1 aromatic rings. The number of anilines is 1. The number of nitrogens with one attached hydrogen (secondary N) is 3. The highest BCUT2D eigenvalue weighted by atomic mass is 32.2. The zero-order chi connectivity index (χ0) is 18.6. The highest BCUT2D eigenvalue weighted by Crippen LogP contribution is 2.37. The minimum Gasteiger partial charge on any atom is -0.493 e. The van der Waals surface area contributed by atoms with Gasteiger partial charge in [-0.15, -0.1) is 0 Å². The van der Waals surface area contributed by atoms with Crippen molar-refractivity contribution in [3.63, 3.8) is 0 Å². The minimum absolute atomic E-state index is 0.0145. The molecule has 25 heavy (non-hydrogen) atoms. The lowest BCUT2D eigenvalue weighted by Gasteiger charge is -2.30. The molecule has 1 heterocycles. The van der Waals surface area contributed by atoms with E-state index in [0.29, 0.717) is 5.56 Å². The second-order valence-electron chi connectivity index (χ2n) is 6.10. The van der Waals surface area contributed by atoms with Gasteiger partial charge in [0, 0.05) is 17.6 Å². The fraction of sp³-hybridized carbons (Fsp3) is 0.562. The zero-order valence-electron chi connectivity index (χ0n) is 14.9. The molecule has 1 aromatic carbocycles. The van der Waals surface area contributed by atoms with Gasteiger partial charge in [0.2, 0.25) is 10.0 Å². The summed E-state index contributed by atoms with van der Waals surface area (Å²) in [7, 11) is -0.710. The summed E-state index contributed by atoms with van der Waals surface area (Å²) in [5.74, 6) is 0.200. The largest absolute Gasteiger partial charge is 0.493 e. The molecule has 0 radical (unpaired) electrons. The van der Waals surface area contributed by atoms with Gasteiger partial charge in [0.15, 0.2) is 11.5 Å². The van der Waals surface area contributed by atoms with Gasteiger partial charge in [-0.1, -0.05) is 0 Å². The van der Waals surface area contributed by atoms with Crippen LogP contribution >= 0.6 is 0 Å². The van der Waals surface area contributed by atoms with Crippen LogP contribution in [0, 0.1) is 0 Å². The lowest BCUT2D eigenvalue weighted by atomic mass is 9.99. The molecular weight excluding hydrogens is 346 g/mol. The van der Waals surface area contributed by atoms with Crippen LogP contribution in [0.5, 0.6) is 11.5 Å². The molecule has 2 unspecified atom stereocenters. The molecule has 2 rings (SSSR count). The van der Waals surface area contributed by atoms with Crippen LogP contribution < -0.4 is 24.8 Å². The molecule has 0 spiro atoms. The first-order chi connectivity index (χ1) is 11.7. The monoisotopic (exact) mass is 371 g/mol. The second kappa shape index (κ2) is 7.92. The van der Waals surface area contributed by atoms with Gasteiger partial charge in [-0.3, -0.25) is 9.52 Å². The standard InChI is InChI=1S/C16H25N3O5S/c1-10-12(6-5-7-17-10)18-16(20)11-8-13(19-25(4,21)22)15(24-3)14(9-11)23-2/h8-10,12,17,19H,5-7H2,1-4H3,(H,18,20). The van der Waals surface area contributed by atoms with Crippen molar-refractivity contribution in [2.24, 2.45) is 0 Å². The normalized spacial score (nSPS) is 20.6. The molecule has 8 nitrogen and oxygen atoms in total. The summed E-state index contributed by atoms with van der Waals surface area (Å²) < 4.78 is 36.0. The smallest absolute Gasteiger partial charge is 0.251 e. The number of sulfonamides is 1. The number of piperidine rings is 1. The summed E-state index contributed by atoms with van der Waals surface area (Å²) in [6.45, 7) is 2.96. The molecular formula is C16H25N3O5S. The molecule has 1 saturated heterocycles. The lowest BCUT2D eigenvalue weighted by molar-refractivity contribution is 0.0919. The van der Waals surface area contributed by atoms with Crippen LogP contribution in [0.15, 0.2) is 12.1 Å². The Morgan fingerprint density at radius 2 is 2.00 bits per heavy atom. The minimum atomic E-state index is -3.54. The highest BCUT2D eigenvalue weighted by Gasteiger charge is 2.24. The van der Waals surface area contributed by atoms with Crippen LogP contribution in [-0.4, -0.2) is 53.4 Å². The van der Waals surface area contributed by atoms with Crippen LogP contribution in [0.4, 0.5) is 5.69 Å². The first-order valence-electron chi connectivity index (χ1n) is 8.03. The van der Waals surface area contributed by atoms with E-state index in [-0.39, 0.29) is 35.2 Å². The Balaban J connectivity index is 2.33. The maximum Gasteiger partial charge on any atom is 0.251 e. The third-order valence-electron chi connectivity index (χ3n) is 4.11. The predicted octanol–water partition coefficient (Wildman–Crippen LogP) is 0.946. The van der Waals surface area contributed by atoms with Gasteiger partial charge >= 0.3 is 0 Å². The quantitative estimate of drug-likeness (QED) is 0.687. The molecule has 9 heteroatoms. The van der Waals surface area contributed by atoms with Crippen molar-refractivity contribution in [1.82, 2.24) is 10.6 Å². The molecule has 1 fully saturated rings. The zero-order valence-corrected chi connectivity index (χ0v) is 15.7. The summed E-state index contributed by atoms with van der Waals surface area (Å²) in [5, 5.41) is 6.31. The Hall–Kier alpha value is -2.00.